The zero-order valence-corrected chi connectivity index (χ0v) is 9.63. The van der Waals surface area contributed by atoms with Crippen LogP contribution in [0.2, 0.25) is 5.02 Å². The molecule has 1 aromatic carbocycles. The fraction of sp³-hybridized carbons (Fsp3) is 0.417. The molecule has 0 saturated heterocycles. The maximum Gasteiger partial charge on any atom is 0.323 e. The van der Waals surface area contributed by atoms with Crippen molar-refractivity contribution in [1.29, 1.82) is 0 Å². The van der Waals surface area contributed by atoms with Crippen LogP contribution in [0.1, 0.15) is 24.8 Å². The molecule has 0 bridgehead atoms. The normalized spacial score (nSPS) is 17.8. The standard InChI is InChI=1S/C12H14ClNO2/c13-10-5-2-1-4-9(10)8-14-12(11(15)16)6-3-7-12/h1-2,4-5,14H,3,6-8H2,(H,15,16). The van der Waals surface area contributed by atoms with Gasteiger partial charge in [0.25, 0.3) is 0 Å². The van der Waals surface area contributed by atoms with Crippen molar-refractivity contribution in [3.05, 3.63) is 34.9 Å². The predicted molar refractivity (Wildman–Crippen MR) is 62.5 cm³/mol. The van der Waals surface area contributed by atoms with Crippen LogP contribution >= 0.6 is 11.6 Å². The third-order valence-electron chi connectivity index (χ3n) is 3.19. The van der Waals surface area contributed by atoms with Gasteiger partial charge < -0.3 is 5.11 Å². The minimum atomic E-state index is -0.759. The quantitative estimate of drug-likeness (QED) is 0.849. The summed E-state index contributed by atoms with van der Waals surface area (Å²) < 4.78 is 0. The molecule has 2 N–H and O–H groups in total. The Bertz CT molecular complexity index is 402. The Kier molecular flexibility index (Phi) is 3.17. The zero-order valence-electron chi connectivity index (χ0n) is 8.87. The Morgan fingerprint density at radius 2 is 2.12 bits per heavy atom. The number of hydrogen-bond donors (Lipinski definition) is 2. The number of carboxylic acid groups (broad SMARTS) is 1. The lowest BCUT2D eigenvalue weighted by atomic mass is 9.76. The van der Waals surface area contributed by atoms with Crippen molar-refractivity contribution in [3.8, 4) is 0 Å². The Morgan fingerprint density at radius 3 is 2.62 bits per heavy atom. The molecule has 0 radical (unpaired) electrons. The van der Waals surface area contributed by atoms with Gasteiger partial charge in [-0.2, -0.15) is 0 Å². The molecule has 1 saturated carbocycles. The van der Waals surface area contributed by atoms with E-state index in [1.54, 1.807) is 0 Å². The first kappa shape index (κ1) is 11.4. The molecule has 3 nitrogen and oxygen atoms in total. The Labute approximate surface area is 99.4 Å². The molecule has 1 aromatic rings. The Balaban J connectivity index is 2.02. The van der Waals surface area contributed by atoms with Crippen LogP contribution in [0, 0.1) is 0 Å². The SMILES string of the molecule is O=C(O)C1(NCc2ccccc2Cl)CCC1. The Morgan fingerprint density at radius 1 is 1.44 bits per heavy atom. The summed E-state index contributed by atoms with van der Waals surface area (Å²) in [5.41, 5.74) is 0.218. The molecule has 1 aliphatic rings. The monoisotopic (exact) mass is 239 g/mol. The summed E-state index contributed by atoms with van der Waals surface area (Å²) >= 11 is 6.01. The van der Waals surface area contributed by atoms with Crippen LogP contribution < -0.4 is 5.32 Å². The van der Waals surface area contributed by atoms with Crippen molar-refractivity contribution in [3.63, 3.8) is 0 Å². The first-order chi connectivity index (χ1) is 7.64. The lowest BCUT2D eigenvalue weighted by molar-refractivity contribution is -0.148. The van der Waals surface area contributed by atoms with E-state index < -0.39 is 11.5 Å². The Hall–Kier alpha value is -1.06. The lowest BCUT2D eigenvalue weighted by Crippen LogP contribution is -2.56. The first-order valence-corrected chi connectivity index (χ1v) is 5.74. The van der Waals surface area contributed by atoms with E-state index in [4.69, 9.17) is 16.7 Å². The maximum atomic E-state index is 11.1. The van der Waals surface area contributed by atoms with Gasteiger partial charge in [0.2, 0.25) is 0 Å². The summed E-state index contributed by atoms with van der Waals surface area (Å²) in [6, 6.07) is 7.48. The van der Waals surface area contributed by atoms with Gasteiger partial charge in [0.05, 0.1) is 0 Å². The lowest BCUT2D eigenvalue weighted by Gasteiger charge is -2.38. The third-order valence-corrected chi connectivity index (χ3v) is 3.56. The van der Waals surface area contributed by atoms with Gasteiger partial charge >= 0.3 is 5.97 Å². The van der Waals surface area contributed by atoms with Gasteiger partial charge in [0.1, 0.15) is 5.54 Å². The van der Waals surface area contributed by atoms with Crippen LogP contribution in [0.25, 0.3) is 0 Å². The number of rotatable bonds is 4. The van der Waals surface area contributed by atoms with Gasteiger partial charge in [-0.25, -0.2) is 0 Å². The van der Waals surface area contributed by atoms with Gasteiger partial charge in [-0.15, -0.1) is 0 Å². The highest BCUT2D eigenvalue weighted by Gasteiger charge is 2.43. The van der Waals surface area contributed by atoms with Gasteiger partial charge in [-0.1, -0.05) is 29.8 Å². The summed E-state index contributed by atoms with van der Waals surface area (Å²) in [4.78, 5) is 11.1. The average Bonchev–Trinajstić information content (AvgIpc) is 2.18. The number of aliphatic carboxylic acids is 1. The van der Waals surface area contributed by atoms with E-state index in [0.717, 1.165) is 12.0 Å². The van der Waals surface area contributed by atoms with E-state index in [1.165, 1.54) is 0 Å². The van der Waals surface area contributed by atoms with Crippen LogP contribution in [0.4, 0.5) is 0 Å². The van der Waals surface area contributed by atoms with Crippen molar-refractivity contribution in [2.24, 2.45) is 0 Å². The largest absolute Gasteiger partial charge is 0.480 e. The fourth-order valence-corrected chi connectivity index (χ4v) is 2.11. The van der Waals surface area contributed by atoms with E-state index in [1.807, 2.05) is 24.3 Å². The van der Waals surface area contributed by atoms with Crippen molar-refractivity contribution in [2.75, 3.05) is 0 Å². The molecule has 0 atom stereocenters. The number of carboxylic acids is 1. The summed E-state index contributed by atoms with van der Waals surface area (Å²) in [5.74, 6) is -0.759. The van der Waals surface area contributed by atoms with E-state index in [9.17, 15) is 4.79 Å². The molecule has 0 aromatic heterocycles. The molecule has 16 heavy (non-hydrogen) atoms. The molecule has 0 unspecified atom stereocenters. The number of carbonyl (C=O) groups is 1. The second-order valence-corrected chi connectivity index (χ2v) is 4.59. The number of benzene rings is 1. The zero-order chi connectivity index (χ0) is 11.6. The van der Waals surface area contributed by atoms with Crippen LogP contribution in [0.3, 0.4) is 0 Å². The molecular formula is C12H14ClNO2. The smallest absolute Gasteiger partial charge is 0.323 e. The molecule has 86 valence electrons. The van der Waals surface area contributed by atoms with E-state index >= 15 is 0 Å². The van der Waals surface area contributed by atoms with Crippen LogP contribution in [-0.2, 0) is 11.3 Å². The molecule has 0 spiro atoms. The summed E-state index contributed by atoms with van der Waals surface area (Å²) in [7, 11) is 0. The van der Waals surface area contributed by atoms with E-state index in [-0.39, 0.29) is 0 Å². The molecule has 0 heterocycles. The van der Waals surface area contributed by atoms with Crippen molar-refractivity contribution in [1.82, 2.24) is 5.32 Å². The minimum absolute atomic E-state index is 0.506. The minimum Gasteiger partial charge on any atom is -0.480 e. The number of hydrogen-bond acceptors (Lipinski definition) is 2. The highest BCUT2D eigenvalue weighted by molar-refractivity contribution is 6.31. The van der Waals surface area contributed by atoms with E-state index in [2.05, 4.69) is 5.32 Å². The first-order valence-electron chi connectivity index (χ1n) is 5.36. The molecular weight excluding hydrogens is 226 g/mol. The molecule has 0 aliphatic heterocycles. The fourth-order valence-electron chi connectivity index (χ4n) is 1.90. The highest BCUT2D eigenvalue weighted by atomic mass is 35.5. The maximum absolute atomic E-state index is 11.1. The van der Waals surface area contributed by atoms with Crippen molar-refractivity contribution in [2.45, 2.75) is 31.3 Å². The number of halogens is 1. The molecule has 2 rings (SSSR count). The molecule has 1 aliphatic carbocycles. The van der Waals surface area contributed by atoms with Gasteiger partial charge in [0, 0.05) is 11.6 Å². The highest BCUT2D eigenvalue weighted by Crippen LogP contribution is 2.32. The van der Waals surface area contributed by atoms with Gasteiger partial charge in [0.15, 0.2) is 0 Å². The second kappa shape index (κ2) is 4.44. The van der Waals surface area contributed by atoms with Gasteiger partial charge in [-0.3, -0.25) is 10.1 Å². The summed E-state index contributed by atoms with van der Waals surface area (Å²) in [6.07, 6.45) is 2.38. The number of nitrogens with one attached hydrogen (secondary N) is 1. The molecule has 0 amide bonds. The van der Waals surface area contributed by atoms with Gasteiger partial charge in [-0.05, 0) is 30.9 Å². The van der Waals surface area contributed by atoms with Crippen molar-refractivity contribution < 1.29 is 9.90 Å². The van der Waals surface area contributed by atoms with E-state index in [0.29, 0.717) is 24.4 Å². The molecule has 4 heteroatoms. The topological polar surface area (TPSA) is 49.3 Å². The van der Waals surface area contributed by atoms with Crippen LogP contribution in [0.15, 0.2) is 24.3 Å². The van der Waals surface area contributed by atoms with Crippen LogP contribution in [-0.4, -0.2) is 16.6 Å². The average molecular weight is 240 g/mol. The second-order valence-electron chi connectivity index (χ2n) is 4.19. The third kappa shape index (κ3) is 2.06. The van der Waals surface area contributed by atoms with Crippen molar-refractivity contribution >= 4 is 17.6 Å². The predicted octanol–water partition coefficient (Wildman–Crippen LogP) is 2.44. The summed E-state index contributed by atoms with van der Waals surface area (Å²) in [5, 5.41) is 12.9. The summed E-state index contributed by atoms with van der Waals surface area (Å²) in [6.45, 7) is 0.506. The molecule has 1 fully saturated rings. The van der Waals surface area contributed by atoms with Crippen LogP contribution in [0.5, 0.6) is 0 Å².